The van der Waals surface area contributed by atoms with Crippen molar-refractivity contribution in [3.63, 3.8) is 0 Å². The van der Waals surface area contributed by atoms with E-state index in [1.807, 2.05) is 36.4 Å². The Balaban J connectivity index is 1.39. The van der Waals surface area contributed by atoms with Gasteiger partial charge in [0.2, 0.25) is 5.91 Å². The molecule has 0 aromatic heterocycles. The molecule has 4 rings (SSSR count). The Kier molecular flexibility index (Phi) is 6.46. The SMILES string of the molecule is COC(=O)[C@H]1CCSC[C@H](NC(=O)OCC2c3ccccc3-c3ccccc32)C(=O)N1. The monoisotopic (exact) mass is 440 g/mol. The van der Waals surface area contributed by atoms with Crippen LogP contribution in [-0.2, 0) is 19.1 Å². The maximum absolute atomic E-state index is 12.5. The fourth-order valence-corrected chi connectivity index (χ4v) is 5.07. The van der Waals surface area contributed by atoms with Crippen molar-refractivity contribution in [1.29, 1.82) is 0 Å². The van der Waals surface area contributed by atoms with Crippen molar-refractivity contribution in [1.82, 2.24) is 10.6 Å². The largest absolute Gasteiger partial charge is 0.467 e. The number of nitrogens with one attached hydrogen (secondary N) is 2. The number of carbonyl (C=O) groups excluding carboxylic acids is 3. The van der Waals surface area contributed by atoms with Crippen molar-refractivity contribution in [2.24, 2.45) is 0 Å². The van der Waals surface area contributed by atoms with E-state index in [1.165, 1.54) is 18.9 Å². The van der Waals surface area contributed by atoms with Crippen LogP contribution in [0.25, 0.3) is 11.1 Å². The minimum atomic E-state index is -0.784. The van der Waals surface area contributed by atoms with Gasteiger partial charge < -0.3 is 20.1 Å². The number of amides is 2. The van der Waals surface area contributed by atoms with Crippen LogP contribution in [0, 0.1) is 0 Å². The molecule has 8 heteroatoms. The summed E-state index contributed by atoms with van der Waals surface area (Å²) in [4.78, 5) is 36.8. The van der Waals surface area contributed by atoms with Gasteiger partial charge in [-0.05, 0) is 34.4 Å². The van der Waals surface area contributed by atoms with Gasteiger partial charge in [0.1, 0.15) is 18.7 Å². The molecule has 2 aromatic carbocycles. The number of methoxy groups -OCH3 is 1. The first-order chi connectivity index (χ1) is 15.1. The van der Waals surface area contributed by atoms with Crippen LogP contribution in [0.5, 0.6) is 0 Å². The van der Waals surface area contributed by atoms with E-state index >= 15 is 0 Å². The first-order valence-electron chi connectivity index (χ1n) is 10.2. The van der Waals surface area contributed by atoms with E-state index in [1.54, 1.807) is 0 Å². The summed E-state index contributed by atoms with van der Waals surface area (Å²) < 4.78 is 10.3. The summed E-state index contributed by atoms with van der Waals surface area (Å²) in [5.74, 6) is 0.113. The molecule has 1 aliphatic heterocycles. The summed E-state index contributed by atoms with van der Waals surface area (Å²) in [6.07, 6.45) is -0.168. The van der Waals surface area contributed by atoms with Crippen molar-refractivity contribution < 1.29 is 23.9 Å². The molecule has 0 bridgehead atoms. The molecule has 0 unspecified atom stereocenters. The van der Waals surface area contributed by atoms with Gasteiger partial charge in [-0.2, -0.15) is 11.8 Å². The molecule has 1 aliphatic carbocycles. The lowest BCUT2D eigenvalue weighted by molar-refractivity contribution is -0.145. The third-order valence-electron chi connectivity index (χ3n) is 5.59. The van der Waals surface area contributed by atoms with E-state index in [9.17, 15) is 14.4 Å². The van der Waals surface area contributed by atoms with Crippen LogP contribution in [0.1, 0.15) is 23.5 Å². The normalized spacial score (nSPS) is 20.5. The Morgan fingerprint density at radius 3 is 2.39 bits per heavy atom. The molecule has 2 atom stereocenters. The third-order valence-corrected chi connectivity index (χ3v) is 6.68. The van der Waals surface area contributed by atoms with Crippen LogP contribution in [0.15, 0.2) is 48.5 Å². The van der Waals surface area contributed by atoms with E-state index in [2.05, 4.69) is 22.8 Å². The number of thioether (sulfide) groups is 1. The fraction of sp³-hybridized carbons (Fsp3) is 0.348. The number of esters is 1. The van der Waals surface area contributed by atoms with E-state index < -0.39 is 30.1 Å². The highest BCUT2D eigenvalue weighted by Crippen LogP contribution is 2.44. The van der Waals surface area contributed by atoms with E-state index in [0.717, 1.165) is 22.3 Å². The number of benzene rings is 2. The smallest absolute Gasteiger partial charge is 0.407 e. The number of alkyl carbamates (subject to hydrolysis) is 1. The zero-order chi connectivity index (χ0) is 21.8. The number of carbonyl (C=O) groups is 3. The lowest BCUT2D eigenvalue weighted by atomic mass is 9.98. The summed E-state index contributed by atoms with van der Waals surface area (Å²) in [6, 6.07) is 14.7. The van der Waals surface area contributed by atoms with E-state index in [-0.39, 0.29) is 12.5 Å². The van der Waals surface area contributed by atoms with Crippen LogP contribution in [0.2, 0.25) is 0 Å². The van der Waals surface area contributed by atoms with Crippen molar-refractivity contribution in [2.45, 2.75) is 24.4 Å². The third kappa shape index (κ3) is 4.54. The molecular weight excluding hydrogens is 416 g/mol. The summed E-state index contributed by atoms with van der Waals surface area (Å²) in [5.41, 5.74) is 4.54. The molecule has 1 saturated heterocycles. The van der Waals surface area contributed by atoms with Gasteiger partial charge in [0.25, 0.3) is 0 Å². The van der Waals surface area contributed by atoms with Crippen molar-refractivity contribution in [3.05, 3.63) is 59.7 Å². The molecule has 7 nitrogen and oxygen atoms in total. The summed E-state index contributed by atoms with van der Waals surface area (Å²) >= 11 is 1.50. The van der Waals surface area contributed by atoms with Gasteiger partial charge >= 0.3 is 12.1 Å². The molecule has 162 valence electrons. The van der Waals surface area contributed by atoms with Gasteiger partial charge in [-0.15, -0.1) is 0 Å². The molecule has 0 spiro atoms. The summed E-state index contributed by atoms with van der Waals surface area (Å²) in [6.45, 7) is 0.173. The fourth-order valence-electron chi connectivity index (χ4n) is 4.03. The molecule has 2 aliphatic rings. The van der Waals surface area contributed by atoms with Gasteiger partial charge in [0, 0.05) is 11.7 Å². The van der Waals surface area contributed by atoms with E-state index in [0.29, 0.717) is 17.9 Å². The zero-order valence-electron chi connectivity index (χ0n) is 17.1. The van der Waals surface area contributed by atoms with Crippen molar-refractivity contribution >= 4 is 29.7 Å². The number of ether oxygens (including phenoxy) is 2. The summed E-state index contributed by atoms with van der Waals surface area (Å²) in [7, 11) is 1.28. The topological polar surface area (TPSA) is 93.7 Å². The first kappa shape index (κ1) is 21.2. The lowest BCUT2D eigenvalue weighted by Crippen LogP contribution is -2.54. The number of hydrogen-bond acceptors (Lipinski definition) is 6. The average molecular weight is 441 g/mol. The molecule has 2 N–H and O–H groups in total. The maximum Gasteiger partial charge on any atom is 0.407 e. The molecular formula is C23H24N2O5S. The van der Waals surface area contributed by atoms with Crippen LogP contribution < -0.4 is 10.6 Å². The number of rotatable bonds is 4. The van der Waals surface area contributed by atoms with Crippen molar-refractivity contribution in [2.75, 3.05) is 25.2 Å². The van der Waals surface area contributed by atoms with Crippen LogP contribution in [0.3, 0.4) is 0 Å². The molecule has 2 aromatic rings. The Bertz CT molecular complexity index is 950. The number of fused-ring (bicyclic) bond motifs is 3. The van der Waals surface area contributed by atoms with Gasteiger partial charge in [0.15, 0.2) is 0 Å². The molecule has 0 radical (unpaired) electrons. The highest BCUT2D eigenvalue weighted by molar-refractivity contribution is 7.99. The minimum Gasteiger partial charge on any atom is -0.467 e. The molecule has 1 fully saturated rings. The minimum absolute atomic E-state index is 0.0533. The van der Waals surface area contributed by atoms with Crippen LogP contribution in [-0.4, -0.2) is 55.3 Å². The Labute approximate surface area is 184 Å². The molecule has 1 heterocycles. The first-order valence-corrected chi connectivity index (χ1v) is 11.3. The lowest BCUT2D eigenvalue weighted by Gasteiger charge is -2.25. The standard InChI is InChI=1S/C23H24N2O5S/c1-29-22(27)19-10-11-31-13-20(21(26)24-19)25-23(28)30-12-18-16-8-4-2-6-14(16)15-7-3-5-9-17(15)18/h2-9,18-20H,10-13H2,1H3,(H,24,26)(H,25,28)/t19-,20+/m1/s1. The Morgan fingerprint density at radius 1 is 1.10 bits per heavy atom. The van der Waals surface area contributed by atoms with Crippen LogP contribution in [0.4, 0.5) is 4.79 Å². The second-order valence-corrected chi connectivity index (χ2v) is 8.62. The number of hydrogen-bond donors (Lipinski definition) is 2. The van der Waals surface area contributed by atoms with Gasteiger partial charge in [-0.3, -0.25) is 4.79 Å². The predicted octanol–water partition coefficient (Wildman–Crippen LogP) is 2.69. The second kappa shape index (κ2) is 9.43. The average Bonchev–Trinajstić information content (AvgIpc) is 3.10. The highest BCUT2D eigenvalue weighted by atomic mass is 32.2. The Morgan fingerprint density at radius 2 is 1.74 bits per heavy atom. The van der Waals surface area contributed by atoms with Gasteiger partial charge in [-0.1, -0.05) is 48.5 Å². The summed E-state index contributed by atoms with van der Waals surface area (Å²) in [5, 5.41) is 5.29. The van der Waals surface area contributed by atoms with Crippen molar-refractivity contribution in [3.8, 4) is 11.1 Å². The second-order valence-electron chi connectivity index (χ2n) is 7.47. The van der Waals surface area contributed by atoms with Gasteiger partial charge in [0.05, 0.1) is 7.11 Å². The molecule has 31 heavy (non-hydrogen) atoms. The van der Waals surface area contributed by atoms with Crippen LogP contribution >= 0.6 is 11.8 Å². The Hall–Kier alpha value is -3.00. The maximum atomic E-state index is 12.5. The predicted molar refractivity (Wildman–Crippen MR) is 118 cm³/mol. The van der Waals surface area contributed by atoms with Gasteiger partial charge in [-0.25, -0.2) is 9.59 Å². The molecule has 0 saturated carbocycles. The zero-order valence-corrected chi connectivity index (χ0v) is 17.9. The highest BCUT2D eigenvalue weighted by Gasteiger charge is 2.31. The quantitative estimate of drug-likeness (QED) is 0.710. The molecule has 2 amide bonds. The van der Waals surface area contributed by atoms with E-state index in [4.69, 9.17) is 9.47 Å².